The summed E-state index contributed by atoms with van der Waals surface area (Å²) in [5.74, 6) is -1.25. The number of hydrogen-bond donors (Lipinski definition) is 1. The Kier molecular flexibility index (Phi) is 5.77. The van der Waals surface area contributed by atoms with E-state index < -0.39 is 28.4 Å². The molecule has 30 heavy (non-hydrogen) atoms. The number of esters is 1. The molecule has 2 N–H and O–H groups in total. The molecule has 3 rings (SSSR count). The van der Waals surface area contributed by atoms with Crippen LogP contribution in [-0.2, 0) is 25.0 Å². The van der Waals surface area contributed by atoms with Crippen molar-refractivity contribution in [2.45, 2.75) is 24.2 Å². The number of sulfonamides is 1. The van der Waals surface area contributed by atoms with Gasteiger partial charge >= 0.3 is 5.97 Å². The summed E-state index contributed by atoms with van der Waals surface area (Å²) >= 11 is 5.81. The van der Waals surface area contributed by atoms with E-state index in [0.29, 0.717) is 0 Å². The van der Waals surface area contributed by atoms with Gasteiger partial charge in [-0.3, -0.25) is 4.79 Å². The normalized spacial score (nSPS) is 16.4. The molecule has 2 aromatic rings. The molecule has 7 nitrogen and oxygen atoms in total. The smallest absolute Gasteiger partial charge is 0.338 e. The van der Waals surface area contributed by atoms with Gasteiger partial charge in [-0.05, 0) is 29.8 Å². The molecule has 0 saturated carbocycles. The van der Waals surface area contributed by atoms with Gasteiger partial charge in [0.1, 0.15) is 4.90 Å². The Morgan fingerprint density at radius 3 is 2.50 bits per heavy atom. The molecule has 0 aromatic heterocycles. The van der Waals surface area contributed by atoms with Crippen LogP contribution in [0, 0.1) is 0 Å². The maximum atomic E-state index is 12.5. The molecule has 158 valence electrons. The lowest BCUT2D eigenvalue weighted by atomic mass is 9.83. The summed E-state index contributed by atoms with van der Waals surface area (Å²) in [6.45, 7) is 3.54. The van der Waals surface area contributed by atoms with Crippen molar-refractivity contribution >= 4 is 39.1 Å². The number of nitrogens with zero attached hydrogens (tertiary/aromatic N) is 1. The van der Waals surface area contributed by atoms with Gasteiger partial charge in [-0.25, -0.2) is 18.4 Å². The molecule has 0 amide bonds. The number of nitrogens with two attached hydrogens (primary N) is 1. The number of benzene rings is 2. The van der Waals surface area contributed by atoms with Crippen LogP contribution < -0.4 is 10.0 Å². The number of ether oxygens (including phenoxy) is 1. The number of fused-ring (bicyclic) bond motifs is 1. The second-order valence-electron chi connectivity index (χ2n) is 7.46. The Balaban J connectivity index is 1.75. The van der Waals surface area contributed by atoms with Gasteiger partial charge in [-0.1, -0.05) is 43.6 Å². The highest BCUT2D eigenvalue weighted by Crippen LogP contribution is 2.46. The predicted molar refractivity (Wildman–Crippen MR) is 114 cm³/mol. The molecule has 0 aliphatic carbocycles. The van der Waals surface area contributed by atoms with Gasteiger partial charge in [0.2, 0.25) is 10.0 Å². The summed E-state index contributed by atoms with van der Waals surface area (Å²) in [5.41, 5.74) is 2.43. The number of likely N-dealkylation sites (N-methyl/N-ethyl adjacent to an activating group) is 1. The number of halogens is 1. The van der Waals surface area contributed by atoms with Crippen LogP contribution in [-0.4, -0.2) is 33.8 Å². The zero-order valence-electron chi connectivity index (χ0n) is 16.7. The van der Waals surface area contributed by atoms with Gasteiger partial charge in [0.05, 0.1) is 10.6 Å². The number of anilines is 1. The summed E-state index contributed by atoms with van der Waals surface area (Å²) in [4.78, 5) is 26.3. The SMILES string of the molecule is CN1/C(=C\C(=O)COC(=O)c2ccc(Cl)c(S(N)(=O)=O)c2)C(C)(C)c2ccccc21. The van der Waals surface area contributed by atoms with E-state index in [2.05, 4.69) is 0 Å². The van der Waals surface area contributed by atoms with Crippen LogP contribution >= 0.6 is 11.6 Å². The predicted octanol–water partition coefficient (Wildman–Crippen LogP) is 3.02. The maximum Gasteiger partial charge on any atom is 0.338 e. The van der Waals surface area contributed by atoms with E-state index >= 15 is 0 Å². The standard InChI is InChI=1S/C21H21ClN2O5S/c1-21(2)15-6-4-5-7-17(15)24(3)19(21)11-14(25)12-29-20(26)13-8-9-16(22)18(10-13)30(23,27)28/h4-11H,12H2,1-3H3,(H2,23,27,28)/b19-11-. The second kappa shape index (κ2) is 7.86. The Hall–Kier alpha value is -2.68. The number of rotatable bonds is 5. The van der Waals surface area contributed by atoms with E-state index in [1.54, 1.807) is 0 Å². The molecular weight excluding hydrogens is 428 g/mol. The third-order valence-corrected chi connectivity index (χ3v) is 6.45. The first-order valence-electron chi connectivity index (χ1n) is 9.00. The minimum atomic E-state index is -4.10. The molecule has 0 atom stereocenters. The number of primary sulfonamides is 1. The quantitative estimate of drug-likeness (QED) is 0.556. The molecular formula is C21H21ClN2O5S. The average Bonchev–Trinajstić information content (AvgIpc) is 2.86. The number of ketones is 1. The van der Waals surface area contributed by atoms with Gasteiger partial charge in [0.25, 0.3) is 0 Å². The van der Waals surface area contributed by atoms with Crippen LogP contribution in [0.15, 0.2) is 59.1 Å². The van der Waals surface area contributed by atoms with Crippen molar-refractivity contribution in [2.75, 3.05) is 18.6 Å². The van der Waals surface area contributed by atoms with E-state index in [1.807, 2.05) is 50.1 Å². The molecule has 1 aliphatic heterocycles. The summed E-state index contributed by atoms with van der Waals surface area (Å²) in [7, 11) is -2.23. The molecule has 2 aromatic carbocycles. The Morgan fingerprint density at radius 2 is 1.87 bits per heavy atom. The number of hydrogen-bond acceptors (Lipinski definition) is 6. The van der Waals surface area contributed by atoms with Crippen molar-refractivity contribution < 1.29 is 22.7 Å². The summed E-state index contributed by atoms with van der Waals surface area (Å²) in [6.07, 6.45) is 1.46. The Bertz CT molecular complexity index is 1170. The minimum Gasteiger partial charge on any atom is -0.454 e. The van der Waals surface area contributed by atoms with Gasteiger partial charge in [0.15, 0.2) is 12.4 Å². The molecule has 1 aliphatic rings. The first-order chi connectivity index (χ1) is 13.9. The lowest BCUT2D eigenvalue weighted by molar-refractivity contribution is -0.117. The van der Waals surface area contributed by atoms with Crippen LogP contribution in [0.1, 0.15) is 29.8 Å². The third kappa shape index (κ3) is 4.12. The fourth-order valence-corrected chi connectivity index (χ4v) is 4.59. The molecule has 0 unspecified atom stereocenters. The van der Waals surface area contributed by atoms with E-state index in [-0.39, 0.29) is 20.9 Å². The van der Waals surface area contributed by atoms with E-state index in [4.69, 9.17) is 21.5 Å². The molecule has 0 spiro atoms. The van der Waals surface area contributed by atoms with Crippen LogP contribution in [0.5, 0.6) is 0 Å². The lowest BCUT2D eigenvalue weighted by Gasteiger charge is -2.23. The average molecular weight is 449 g/mol. The number of carbonyl (C=O) groups is 2. The van der Waals surface area contributed by atoms with Crippen molar-refractivity contribution in [3.63, 3.8) is 0 Å². The van der Waals surface area contributed by atoms with Crippen molar-refractivity contribution in [1.29, 1.82) is 0 Å². The Morgan fingerprint density at radius 1 is 1.20 bits per heavy atom. The van der Waals surface area contributed by atoms with Gasteiger partial charge in [0, 0.05) is 29.9 Å². The number of allylic oxidation sites excluding steroid dienone is 1. The van der Waals surface area contributed by atoms with E-state index in [9.17, 15) is 18.0 Å². The van der Waals surface area contributed by atoms with Crippen molar-refractivity contribution in [3.8, 4) is 0 Å². The van der Waals surface area contributed by atoms with Gasteiger partial charge < -0.3 is 9.64 Å². The zero-order chi connectivity index (χ0) is 22.3. The summed E-state index contributed by atoms with van der Waals surface area (Å²) < 4.78 is 28.2. The number of para-hydroxylation sites is 1. The van der Waals surface area contributed by atoms with Crippen LogP contribution in [0.4, 0.5) is 5.69 Å². The fourth-order valence-electron chi connectivity index (χ4n) is 3.52. The molecule has 0 fully saturated rings. The van der Waals surface area contributed by atoms with Crippen molar-refractivity contribution in [3.05, 3.63) is 70.4 Å². The lowest BCUT2D eigenvalue weighted by Crippen LogP contribution is -2.25. The fraction of sp³-hybridized carbons (Fsp3) is 0.238. The van der Waals surface area contributed by atoms with Crippen LogP contribution in [0.25, 0.3) is 0 Å². The van der Waals surface area contributed by atoms with Crippen molar-refractivity contribution in [2.24, 2.45) is 5.14 Å². The van der Waals surface area contributed by atoms with Crippen LogP contribution in [0.2, 0.25) is 5.02 Å². The second-order valence-corrected chi connectivity index (χ2v) is 9.40. The first-order valence-corrected chi connectivity index (χ1v) is 10.9. The molecule has 9 heteroatoms. The highest BCUT2D eigenvalue weighted by Gasteiger charge is 2.38. The largest absolute Gasteiger partial charge is 0.454 e. The maximum absolute atomic E-state index is 12.5. The zero-order valence-corrected chi connectivity index (χ0v) is 18.3. The van der Waals surface area contributed by atoms with Gasteiger partial charge in [-0.15, -0.1) is 0 Å². The topological polar surface area (TPSA) is 107 Å². The summed E-state index contributed by atoms with van der Waals surface area (Å²) in [6, 6.07) is 11.4. The van der Waals surface area contributed by atoms with Crippen molar-refractivity contribution in [1.82, 2.24) is 0 Å². The minimum absolute atomic E-state index is 0.0744. The van der Waals surface area contributed by atoms with Gasteiger partial charge in [-0.2, -0.15) is 0 Å². The first kappa shape index (κ1) is 22.0. The van der Waals surface area contributed by atoms with Crippen LogP contribution in [0.3, 0.4) is 0 Å². The van der Waals surface area contributed by atoms with E-state index in [0.717, 1.165) is 23.0 Å². The monoisotopic (exact) mass is 448 g/mol. The molecule has 0 radical (unpaired) electrons. The highest BCUT2D eigenvalue weighted by molar-refractivity contribution is 7.89. The number of carbonyl (C=O) groups excluding carboxylic acids is 2. The molecule has 0 saturated heterocycles. The third-order valence-electron chi connectivity index (χ3n) is 5.06. The molecule has 0 bridgehead atoms. The molecule has 1 heterocycles. The highest BCUT2D eigenvalue weighted by atomic mass is 35.5. The summed E-state index contributed by atoms with van der Waals surface area (Å²) in [5, 5.41) is 4.97. The van der Waals surface area contributed by atoms with E-state index in [1.165, 1.54) is 18.2 Å². The Labute approximate surface area is 180 Å².